The normalized spacial score (nSPS) is 39.7. The zero-order valence-corrected chi connectivity index (χ0v) is 11.2. The molecule has 2 aliphatic carbocycles. The molecule has 0 radical (unpaired) electrons. The second kappa shape index (κ2) is 4.41. The van der Waals surface area contributed by atoms with E-state index < -0.39 is 0 Å². The van der Waals surface area contributed by atoms with E-state index in [2.05, 4.69) is 22.4 Å². The van der Waals surface area contributed by atoms with E-state index in [1.165, 1.54) is 58.0 Å². The number of hydrogen-bond donors (Lipinski definition) is 1. The molecule has 2 aliphatic heterocycles. The van der Waals surface area contributed by atoms with Crippen LogP contribution in [0.4, 0.5) is 0 Å². The molecule has 0 aromatic rings. The Morgan fingerprint density at radius 2 is 2.17 bits per heavy atom. The Morgan fingerprint density at radius 1 is 1.22 bits per heavy atom. The molecule has 2 nitrogen and oxygen atoms in total. The van der Waals surface area contributed by atoms with Gasteiger partial charge < -0.3 is 5.32 Å². The van der Waals surface area contributed by atoms with Crippen LogP contribution in [0.1, 0.15) is 44.9 Å². The van der Waals surface area contributed by atoms with Crippen molar-refractivity contribution in [1.29, 1.82) is 0 Å². The molecule has 2 unspecified atom stereocenters. The first-order valence-electron chi connectivity index (χ1n) is 7.79. The van der Waals surface area contributed by atoms with E-state index >= 15 is 0 Å². The van der Waals surface area contributed by atoms with Gasteiger partial charge in [0.05, 0.1) is 0 Å². The van der Waals surface area contributed by atoms with Gasteiger partial charge in [0.2, 0.25) is 0 Å². The summed E-state index contributed by atoms with van der Waals surface area (Å²) >= 11 is 0. The fraction of sp³-hybridized carbons (Fsp3) is 0.750. The molecule has 3 atom stereocenters. The minimum Gasteiger partial charge on any atom is -0.387 e. The second-order valence-corrected chi connectivity index (χ2v) is 6.47. The van der Waals surface area contributed by atoms with Gasteiger partial charge in [0.15, 0.2) is 0 Å². The van der Waals surface area contributed by atoms with Gasteiger partial charge in [-0.3, -0.25) is 4.90 Å². The number of rotatable bonds is 0. The summed E-state index contributed by atoms with van der Waals surface area (Å²) in [6, 6.07) is 1.63. The van der Waals surface area contributed by atoms with E-state index in [0.717, 1.165) is 18.0 Å². The Hall–Kier alpha value is -0.760. The van der Waals surface area contributed by atoms with Gasteiger partial charge >= 0.3 is 0 Å². The average Bonchev–Trinajstić information content (AvgIpc) is 2.65. The lowest BCUT2D eigenvalue weighted by Gasteiger charge is -2.32. The third-order valence-electron chi connectivity index (χ3n) is 5.45. The molecule has 0 spiro atoms. The molecule has 0 amide bonds. The molecule has 1 saturated heterocycles. The summed E-state index contributed by atoms with van der Waals surface area (Å²) < 4.78 is 0. The molecule has 0 aromatic carbocycles. The van der Waals surface area contributed by atoms with Crippen LogP contribution in [-0.2, 0) is 0 Å². The maximum Gasteiger partial charge on any atom is 0.0300 e. The molecule has 98 valence electrons. The highest BCUT2D eigenvalue weighted by molar-refractivity contribution is 5.22. The smallest absolute Gasteiger partial charge is 0.0300 e. The Labute approximate surface area is 110 Å². The van der Waals surface area contributed by atoms with Crippen LogP contribution < -0.4 is 5.32 Å². The topological polar surface area (TPSA) is 15.3 Å². The SMILES string of the molecule is C1=CC2C[C@H]3CNC4=C(CCCC4)CN3C2CC1. The molecule has 1 N–H and O–H groups in total. The van der Waals surface area contributed by atoms with Crippen molar-refractivity contribution in [2.75, 3.05) is 13.1 Å². The van der Waals surface area contributed by atoms with Gasteiger partial charge in [-0.1, -0.05) is 12.2 Å². The molecule has 0 aromatic heterocycles. The third-order valence-corrected chi connectivity index (χ3v) is 5.45. The fourth-order valence-corrected chi connectivity index (χ4v) is 4.51. The minimum absolute atomic E-state index is 0.786. The van der Waals surface area contributed by atoms with E-state index in [0.29, 0.717) is 0 Å². The van der Waals surface area contributed by atoms with Crippen molar-refractivity contribution in [1.82, 2.24) is 10.2 Å². The molecule has 18 heavy (non-hydrogen) atoms. The molecule has 2 heteroatoms. The van der Waals surface area contributed by atoms with Crippen LogP contribution in [-0.4, -0.2) is 30.1 Å². The first kappa shape index (κ1) is 11.1. The predicted molar refractivity (Wildman–Crippen MR) is 74.3 cm³/mol. The monoisotopic (exact) mass is 244 g/mol. The summed E-state index contributed by atoms with van der Waals surface area (Å²) in [5, 5.41) is 3.78. The molecule has 1 fully saturated rings. The molecular weight excluding hydrogens is 220 g/mol. The minimum atomic E-state index is 0.786. The quantitative estimate of drug-likeness (QED) is 0.659. The lowest BCUT2D eigenvalue weighted by atomic mass is 9.89. The molecule has 2 heterocycles. The highest BCUT2D eigenvalue weighted by atomic mass is 15.2. The Bertz CT molecular complexity index is 396. The van der Waals surface area contributed by atoms with Crippen molar-refractivity contribution < 1.29 is 0 Å². The predicted octanol–water partition coefficient (Wildman–Crippen LogP) is 2.83. The van der Waals surface area contributed by atoms with Gasteiger partial charge in [0.1, 0.15) is 0 Å². The number of fused-ring (bicyclic) bond motifs is 3. The molecule has 0 saturated carbocycles. The van der Waals surface area contributed by atoms with Gasteiger partial charge in [-0.05, 0) is 56.4 Å². The van der Waals surface area contributed by atoms with Crippen LogP contribution in [0.5, 0.6) is 0 Å². The summed E-state index contributed by atoms with van der Waals surface area (Å²) in [4.78, 5) is 2.84. The fourth-order valence-electron chi connectivity index (χ4n) is 4.51. The zero-order valence-electron chi connectivity index (χ0n) is 11.2. The first-order chi connectivity index (χ1) is 8.92. The average molecular weight is 244 g/mol. The highest BCUT2D eigenvalue weighted by Gasteiger charge is 2.41. The summed E-state index contributed by atoms with van der Waals surface area (Å²) in [5.41, 5.74) is 3.34. The van der Waals surface area contributed by atoms with Crippen molar-refractivity contribution in [3.8, 4) is 0 Å². The van der Waals surface area contributed by atoms with Crippen LogP contribution >= 0.6 is 0 Å². The van der Waals surface area contributed by atoms with Crippen LogP contribution in [0.2, 0.25) is 0 Å². The van der Waals surface area contributed by atoms with Gasteiger partial charge in [0.25, 0.3) is 0 Å². The summed E-state index contributed by atoms with van der Waals surface area (Å²) in [6.45, 7) is 2.46. The number of allylic oxidation sites excluding steroid dienone is 2. The lowest BCUT2D eigenvalue weighted by molar-refractivity contribution is 0.193. The van der Waals surface area contributed by atoms with E-state index in [9.17, 15) is 0 Å². The van der Waals surface area contributed by atoms with E-state index in [1.807, 2.05) is 0 Å². The van der Waals surface area contributed by atoms with Gasteiger partial charge in [0, 0.05) is 30.9 Å². The van der Waals surface area contributed by atoms with E-state index in [-0.39, 0.29) is 0 Å². The van der Waals surface area contributed by atoms with Crippen LogP contribution in [0.25, 0.3) is 0 Å². The first-order valence-corrected chi connectivity index (χ1v) is 7.79. The van der Waals surface area contributed by atoms with Crippen molar-refractivity contribution in [2.45, 2.75) is 57.0 Å². The highest BCUT2D eigenvalue weighted by Crippen LogP contribution is 2.39. The Kier molecular flexibility index (Phi) is 2.72. The summed E-state index contributed by atoms with van der Waals surface area (Å²) in [7, 11) is 0. The van der Waals surface area contributed by atoms with Crippen LogP contribution in [0, 0.1) is 5.92 Å². The molecule has 4 rings (SSSR count). The summed E-state index contributed by atoms with van der Waals surface area (Å²) in [5.74, 6) is 0.844. The maximum atomic E-state index is 3.78. The molecular formula is C16H24N2. The summed E-state index contributed by atoms with van der Waals surface area (Å²) in [6.07, 6.45) is 14.4. The van der Waals surface area contributed by atoms with Crippen molar-refractivity contribution in [2.24, 2.45) is 5.92 Å². The van der Waals surface area contributed by atoms with Gasteiger partial charge in [-0.15, -0.1) is 0 Å². The number of nitrogens with one attached hydrogen (secondary N) is 1. The number of hydrogen-bond acceptors (Lipinski definition) is 2. The standard InChI is InChI=1S/C16H24N2/c1-3-7-15-13(6-1)11-18-14(10-17-15)9-12-5-2-4-8-16(12)18/h2,5,12,14,16-17H,1,3-4,6-11H2/t12?,14-,16?/m0/s1. The van der Waals surface area contributed by atoms with E-state index in [4.69, 9.17) is 0 Å². The van der Waals surface area contributed by atoms with Crippen LogP contribution in [0.15, 0.2) is 23.4 Å². The zero-order chi connectivity index (χ0) is 11.9. The molecule has 4 aliphatic rings. The Balaban J connectivity index is 1.60. The van der Waals surface area contributed by atoms with E-state index in [1.54, 1.807) is 11.3 Å². The van der Waals surface area contributed by atoms with Crippen molar-refractivity contribution in [3.05, 3.63) is 23.4 Å². The molecule has 0 bridgehead atoms. The van der Waals surface area contributed by atoms with Crippen LogP contribution in [0.3, 0.4) is 0 Å². The van der Waals surface area contributed by atoms with Gasteiger partial charge in [-0.25, -0.2) is 0 Å². The largest absolute Gasteiger partial charge is 0.387 e. The second-order valence-electron chi connectivity index (χ2n) is 6.47. The maximum absolute atomic E-state index is 3.78. The third kappa shape index (κ3) is 1.73. The van der Waals surface area contributed by atoms with Crippen molar-refractivity contribution >= 4 is 0 Å². The van der Waals surface area contributed by atoms with Crippen molar-refractivity contribution in [3.63, 3.8) is 0 Å². The lowest BCUT2D eigenvalue weighted by Crippen LogP contribution is -2.41. The number of nitrogens with zero attached hydrogens (tertiary/aromatic N) is 1. The van der Waals surface area contributed by atoms with Gasteiger partial charge in [-0.2, -0.15) is 0 Å². The Morgan fingerprint density at radius 3 is 3.17 bits per heavy atom.